The molecule has 11 nitrogen and oxygen atoms in total. The standard InChI is InChI=1S/C23H46N6O5/c1-14(2)13-18(23(33)34)29-21(31)16(9-5-7-11-24)27-20(30)17(10-6-8-12-25)28-22(32)19(26)15(3)4/h14-19H,5-13,24-26H2,1-4H3,(H,27,30)(H,28,32)(H,29,31)(H,33,34). The Hall–Kier alpha value is -2.24. The lowest BCUT2D eigenvalue weighted by molar-refractivity contribution is -0.142. The molecule has 4 atom stereocenters. The van der Waals surface area contributed by atoms with E-state index in [-0.39, 0.29) is 24.7 Å². The van der Waals surface area contributed by atoms with Crippen LogP contribution in [0.25, 0.3) is 0 Å². The summed E-state index contributed by atoms with van der Waals surface area (Å²) in [5.74, 6) is -2.75. The van der Waals surface area contributed by atoms with E-state index in [1.54, 1.807) is 0 Å². The van der Waals surface area contributed by atoms with Gasteiger partial charge in [-0.1, -0.05) is 27.7 Å². The van der Waals surface area contributed by atoms with E-state index >= 15 is 0 Å². The molecule has 34 heavy (non-hydrogen) atoms. The number of carbonyl (C=O) groups is 4. The highest BCUT2D eigenvalue weighted by molar-refractivity contribution is 5.94. The zero-order chi connectivity index (χ0) is 26.3. The second kappa shape index (κ2) is 17.2. The summed E-state index contributed by atoms with van der Waals surface area (Å²) in [7, 11) is 0. The lowest BCUT2D eigenvalue weighted by atomic mass is 10.0. The molecule has 11 heteroatoms. The third-order valence-electron chi connectivity index (χ3n) is 5.50. The van der Waals surface area contributed by atoms with Crippen LogP contribution in [0.15, 0.2) is 0 Å². The van der Waals surface area contributed by atoms with E-state index in [1.807, 2.05) is 27.7 Å². The first-order chi connectivity index (χ1) is 15.9. The first kappa shape index (κ1) is 31.8. The van der Waals surface area contributed by atoms with Crippen LogP contribution in [-0.4, -0.2) is 66.1 Å². The van der Waals surface area contributed by atoms with Gasteiger partial charge < -0.3 is 38.3 Å². The summed E-state index contributed by atoms with van der Waals surface area (Å²) in [5.41, 5.74) is 17.0. The van der Waals surface area contributed by atoms with Crippen LogP contribution in [-0.2, 0) is 19.2 Å². The van der Waals surface area contributed by atoms with Crippen LogP contribution in [0.1, 0.15) is 72.6 Å². The molecule has 0 saturated heterocycles. The predicted molar refractivity (Wildman–Crippen MR) is 132 cm³/mol. The molecule has 0 aliphatic heterocycles. The molecule has 0 rings (SSSR count). The molecule has 0 spiro atoms. The maximum Gasteiger partial charge on any atom is 0.326 e. The molecule has 0 saturated carbocycles. The van der Waals surface area contributed by atoms with Gasteiger partial charge in [-0.2, -0.15) is 0 Å². The van der Waals surface area contributed by atoms with E-state index in [0.717, 1.165) is 0 Å². The average Bonchev–Trinajstić information content (AvgIpc) is 2.76. The normalized spacial score (nSPS) is 14.9. The van der Waals surface area contributed by atoms with Crippen molar-refractivity contribution >= 4 is 23.7 Å². The molecule has 0 fully saturated rings. The number of hydrogen-bond donors (Lipinski definition) is 7. The number of unbranched alkanes of at least 4 members (excludes halogenated alkanes) is 2. The highest BCUT2D eigenvalue weighted by Gasteiger charge is 2.30. The number of nitrogens with two attached hydrogens (primary N) is 3. The lowest BCUT2D eigenvalue weighted by Gasteiger charge is -2.26. The van der Waals surface area contributed by atoms with Gasteiger partial charge in [0.1, 0.15) is 18.1 Å². The van der Waals surface area contributed by atoms with Gasteiger partial charge >= 0.3 is 5.97 Å². The van der Waals surface area contributed by atoms with Crippen LogP contribution < -0.4 is 33.2 Å². The Kier molecular flexibility index (Phi) is 16.1. The van der Waals surface area contributed by atoms with Gasteiger partial charge in [0.25, 0.3) is 0 Å². The fraction of sp³-hybridized carbons (Fsp3) is 0.826. The molecule has 0 aliphatic rings. The third kappa shape index (κ3) is 12.9. The first-order valence-electron chi connectivity index (χ1n) is 12.2. The van der Waals surface area contributed by atoms with Crippen molar-refractivity contribution < 1.29 is 24.3 Å². The van der Waals surface area contributed by atoms with Crippen molar-refractivity contribution in [1.82, 2.24) is 16.0 Å². The molecule has 0 bridgehead atoms. The number of rotatable bonds is 18. The number of aliphatic carboxylic acids is 1. The van der Waals surface area contributed by atoms with Gasteiger partial charge in [0, 0.05) is 0 Å². The summed E-state index contributed by atoms with van der Waals surface area (Å²) in [6.45, 7) is 8.21. The predicted octanol–water partition coefficient (Wildman–Crippen LogP) is -0.187. The minimum atomic E-state index is -1.14. The molecule has 0 aliphatic carbocycles. The molecule has 0 aromatic carbocycles. The van der Waals surface area contributed by atoms with Crippen LogP contribution in [0, 0.1) is 11.8 Å². The van der Waals surface area contributed by atoms with E-state index in [9.17, 15) is 24.3 Å². The van der Waals surface area contributed by atoms with Crippen LogP contribution in [0.5, 0.6) is 0 Å². The Morgan fingerprint density at radius 2 is 1.12 bits per heavy atom. The number of carbonyl (C=O) groups excluding carboxylic acids is 3. The van der Waals surface area contributed by atoms with Crippen molar-refractivity contribution in [3.8, 4) is 0 Å². The summed E-state index contributed by atoms with van der Waals surface area (Å²) in [4.78, 5) is 50.1. The zero-order valence-corrected chi connectivity index (χ0v) is 21.1. The highest BCUT2D eigenvalue weighted by Crippen LogP contribution is 2.09. The Labute approximate surface area is 203 Å². The number of amides is 3. The van der Waals surface area contributed by atoms with Gasteiger partial charge in [-0.25, -0.2) is 4.79 Å². The topological polar surface area (TPSA) is 203 Å². The van der Waals surface area contributed by atoms with E-state index < -0.39 is 47.9 Å². The fourth-order valence-corrected chi connectivity index (χ4v) is 3.33. The number of nitrogens with one attached hydrogen (secondary N) is 3. The average molecular weight is 487 g/mol. The summed E-state index contributed by atoms with van der Waals surface area (Å²) in [5, 5.41) is 17.4. The molecule has 10 N–H and O–H groups in total. The smallest absolute Gasteiger partial charge is 0.326 e. The van der Waals surface area contributed by atoms with Crippen molar-refractivity contribution in [3.63, 3.8) is 0 Å². The van der Waals surface area contributed by atoms with E-state index in [2.05, 4.69) is 16.0 Å². The van der Waals surface area contributed by atoms with Gasteiger partial charge in [0.05, 0.1) is 6.04 Å². The maximum atomic E-state index is 13.1. The Morgan fingerprint density at radius 3 is 1.47 bits per heavy atom. The van der Waals surface area contributed by atoms with Crippen LogP contribution in [0.4, 0.5) is 0 Å². The highest BCUT2D eigenvalue weighted by atomic mass is 16.4. The number of carboxylic acid groups (broad SMARTS) is 1. The summed E-state index contributed by atoms with van der Waals surface area (Å²) in [6, 6.07) is -3.69. The van der Waals surface area contributed by atoms with Crippen molar-refractivity contribution in [2.75, 3.05) is 13.1 Å². The van der Waals surface area contributed by atoms with Crippen LogP contribution >= 0.6 is 0 Å². The van der Waals surface area contributed by atoms with Gasteiger partial charge in [0.15, 0.2) is 0 Å². The molecular formula is C23H46N6O5. The van der Waals surface area contributed by atoms with E-state index in [1.165, 1.54) is 0 Å². The van der Waals surface area contributed by atoms with Gasteiger partial charge in [-0.15, -0.1) is 0 Å². The molecule has 3 amide bonds. The quantitative estimate of drug-likeness (QED) is 0.129. The van der Waals surface area contributed by atoms with Crippen molar-refractivity contribution in [1.29, 1.82) is 0 Å². The zero-order valence-electron chi connectivity index (χ0n) is 21.1. The van der Waals surface area contributed by atoms with Crippen LogP contribution in [0.3, 0.4) is 0 Å². The SMILES string of the molecule is CC(C)CC(NC(=O)C(CCCCN)NC(=O)C(CCCCN)NC(=O)C(N)C(C)C)C(=O)O. The second-order valence-electron chi connectivity index (χ2n) is 9.49. The lowest BCUT2D eigenvalue weighted by Crippen LogP contribution is -2.57. The molecule has 198 valence electrons. The second-order valence-corrected chi connectivity index (χ2v) is 9.49. The van der Waals surface area contributed by atoms with Gasteiger partial charge in [-0.05, 0) is 69.9 Å². The molecular weight excluding hydrogens is 440 g/mol. The first-order valence-corrected chi connectivity index (χ1v) is 12.2. The Morgan fingerprint density at radius 1 is 0.706 bits per heavy atom. The molecule has 0 aromatic heterocycles. The summed E-state index contributed by atoms with van der Waals surface area (Å²) in [6.07, 6.45) is 3.37. The Bertz CT molecular complexity index is 643. The molecule has 4 unspecified atom stereocenters. The summed E-state index contributed by atoms with van der Waals surface area (Å²) < 4.78 is 0. The maximum absolute atomic E-state index is 13.1. The molecule has 0 aromatic rings. The number of hydrogen-bond acceptors (Lipinski definition) is 7. The van der Waals surface area contributed by atoms with Crippen LogP contribution in [0.2, 0.25) is 0 Å². The fourth-order valence-electron chi connectivity index (χ4n) is 3.33. The van der Waals surface area contributed by atoms with E-state index in [0.29, 0.717) is 45.2 Å². The monoisotopic (exact) mass is 486 g/mol. The van der Waals surface area contributed by atoms with Crippen molar-refractivity contribution in [2.24, 2.45) is 29.0 Å². The van der Waals surface area contributed by atoms with Crippen molar-refractivity contribution in [2.45, 2.75) is 96.8 Å². The van der Waals surface area contributed by atoms with Crippen molar-refractivity contribution in [3.05, 3.63) is 0 Å². The minimum Gasteiger partial charge on any atom is -0.480 e. The minimum absolute atomic E-state index is 0.0546. The largest absolute Gasteiger partial charge is 0.480 e. The molecule has 0 heterocycles. The number of carboxylic acids is 1. The molecule has 0 radical (unpaired) electrons. The van der Waals surface area contributed by atoms with Gasteiger partial charge in [0.2, 0.25) is 17.7 Å². The van der Waals surface area contributed by atoms with E-state index in [4.69, 9.17) is 17.2 Å². The Balaban J connectivity index is 5.52. The van der Waals surface area contributed by atoms with Gasteiger partial charge in [-0.3, -0.25) is 14.4 Å². The third-order valence-corrected chi connectivity index (χ3v) is 5.50. The summed E-state index contributed by atoms with van der Waals surface area (Å²) >= 11 is 0.